The largest absolute Gasteiger partial charge is 0.461 e. The summed E-state index contributed by atoms with van der Waals surface area (Å²) in [5.74, 6) is -0.417. The van der Waals surface area contributed by atoms with Gasteiger partial charge in [0.1, 0.15) is 11.3 Å². The first-order chi connectivity index (χ1) is 16.7. The van der Waals surface area contributed by atoms with Gasteiger partial charge in [-0.1, -0.05) is 35.3 Å². The number of rotatable bonds is 4. The fraction of sp³-hybridized carbons (Fsp3) is 0.192. The molecule has 0 aliphatic carbocycles. The molecule has 5 aromatic rings. The van der Waals surface area contributed by atoms with Crippen molar-refractivity contribution in [2.75, 3.05) is 6.61 Å². The molecule has 0 spiro atoms. The van der Waals surface area contributed by atoms with Crippen LogP contribution in [0.5, 0.6) is 0 Å². The Hall–Kier alpha value is -3.55. The van der Waals surface area contributed by atoms with Crippen molar-refractivity contribution >= 4 is 51.1 Å². The number of aryl methyl sites for hydroxylation is 3. The molecule has 7 nitrogen and oxygen atoms in total. The second-order valence-electron chi connectivity index (χ2n) is 8.33. The molecule has 0 saturated heterocycles. The SMILES string of the molecule is CCOC(=O)c1cc(-c2ccc3c(c2)c2cc(-c4ccc(Cl)cc4Cl)c(=O)n(C)c2n3C)nn1C. The Bertz CT molecular complexity index is 1710. The molecule has 0 unspecified atom stereocenters. The van der Waals surface area contributed by atoms with E-state index in [1.54, 1.807) is 49.9 Å². The van der Waals surface area contributed by atoms with Gasteiger partial charge >= 0.3 is 5.97 Å². The fourth-order valence-electron chi connectivity index (χ4n) is 4.55. The molecule has 2 aromatic carbocycles. The topological polar surface area (TPSA) is 71.1 Å². The Balaban J connectivity index is 1.75. The predicted octanol–water partition coefficient (Wildman–Crippen LogP) is 5.58. The van der Waals surface area contributed by atoms with Crippen molar-refractivity contribution in [1.29, 1.82) is 0 Å². The summed E-state index contributed by atoms with van der Waals surface area (Å²) in [7, 11) is 5.39. The molecule has 0 amide bonds. The second kappa shape index (κ2) is 8.59. The summed E-state index contributed by atoms with van der Waals surface area (Å²) >= 11 is 12.5. The lowest BCUT2D eigenvalue weighted by atomic mass is 10.0. The summed E-state index contributed by atoms with van der Waals surface area (Å²) in [6.07, 6.45) is 0. The molecule has 5 rings (SSSR count). The number of pyridine rings is 1. The standard InChI is InChI=1S/C26H22Cl2N4O3/c1-5-35-26(34)23-13-21(29-32(23)4)14-6-9-22-17(10-14)18-12-19(16-8-7-15(27)11-20(16)28)25(33)31(3)24(18)30(22)2/h6-13H,5H2,1-4H3. The summed E-state index contributed by atoms with van der Waals surface area (Å²) in [6.45, 7) is 2.06. The summed E-state index contributed by atoms with van der Waals surface area (Å²) in [5.41, 5.74) is 4.57. The second-order valence-corrected chi connectivity index (χ2v) is 9.18. The smallest absolute Gasteiger partial charge is 0.356 e. The third-order valence-electron chi connectivity index (χ3n) is 6.23. The van der Waals surface area contributed by atoms with Crippen LogP contribution in [0.4, 0.5) is 0 Å². The maximum absolute atomic E-state index is 13.3. The molecule has 0 radical (unpaired) electrons. The molecule has 0 saturated carbocycles. The average Bonchev–Trinajstić information content (AvgIpc) is 3.34. The van der Waals surface area contributed by atoms with Crippen molar-refractivity contribution in [1.82, 2.24) is 18.9 Å². The van der Waals surface area contributed by atoms with Crippen LogP contribution in [-0.2, 0) is 25.9 Å². The Morgan fingerprint density at radius 2 is 1.71 bits per heavy atom. The lowest BCUT2D eigenvalue weighted by Gasteiger charge is -2.09. The maximum Gasteiger partial charge on any atom is 0.356 e. The number of aromatic nitrogens is 4. The van der Waals surface area contributed by atoms with Gasteiger partial charge in [-0.3, -0.25) is 14.0 Å². The highest BCUT2D eigenvalue weighted by molar-refractivity contribution is 6.36. The van der Waals surface area contributed by atoms with Crippen molar-refractivity contribution in [3.8, 4) is 22.4 Å². The number of fused-ring (bicyclic) bond motifs is 3. The Morgan fingerprint density at radius 1 is 0.943 bits per heavy atom. The minimum Gasteiger partial charge on any atom is -0.461 e. The number of carbonyl (C=O) groups is 1. The van der Waals surface area contributed by atoms with Gasteiger partial charge in [0, 0.05) is 53.6 Å². The van der Waals surface area contributed by atoms with Crippen LogP contribution in [0.1, 0.15) is 17.4 Å². The van der Waals surface area contributed by atoms with Crippen LogP contribution in [0, 0.1) is 0 Å². The molecule has 0 bridgehead atoms. The molecule has 3 heterocycles. The van der Waals surface area contributed by atoms with Gasteiger partial charge in [-0.25, -0.2) is 4.79 Å². The van der Waals surface area contributed by atoms with E-state index in [0.29, 0.717) is 39.2 Å². The number of nitrogens with zero attached hydrogens (tertiary/aromatic N) is 4. The highest BCUT2D eigenvalue weighted by atomic mass is 35.5. The van der Waals surface area contributed by atoms with Gasteiger partial charge in [-0.15, -0.1) is 0 Å². The predicted molar refractivity (Wildman–Crippen MR) is 139 cm³/mol. The summed E-state index contributed by atoms with van der Waals surface area (Å²) in [4.78, 5) is 25.5. The van der Waals surface area contributed by atoms with Gasteiger partial charge in [0.25, 0.3) is 5.56 Å². The summed E-state index contributed by atoms with van der Waals surface area (Å²) in [5, 5.41) is 7.28. The van der Waals surface area contributed by atoms with Crippen molar-refractivity contribution in [3.05, 3.63) is 74.6 Å². The van der Waals surface area contributed by atoms with Crippen LogP contribution in [0.15, 0.2) is 53.3 Å². The van der Waals surface area contributed by atoms with Gasteiger partial charge in [-0.05, 0) is 43.3 Å². The number of carbonyl (C=O) groups excluding carboxylic acids is 1. The van der Waals surface area contributed by atoms with Gasteiger partial charge in [0.15, 0.2) is 0 Å². The van der Waals surface area contributed by atoms with Gasteiger partial charge in [0.05, 0.1) is 22.8 Å². The third-order valence-corrected chi connectivity index (χ3v) is 6.78. The molecule has 3 aromatic heterocycles. The number of hydrogen-bond acceptors (Lipinski definition) is 4. The number of esters is 1. The van der Waals surface area contributed by atoms with E-state index in [1.807, 2.05) is 35.9 Å². The van der Waals surface area contributed by atoms with Crippen molar-refractivity contribution in [3.63, 3.8) is 0 Å². The maximum atomic E-state index is 13.3. The van der Waals surface area contributed by atoms with Crippen LogP contribution < -0.4 is 5.56 Å². The van der Waals surface area contributed by atoms with E-state index in [2.05, 4.69) is 5.10 Å². The number of halogens is 2. The minimum atomic E-state index is -0.417. The van der Waals surface area contributed by atoms with E-state index in [4.69, 9.17) is 27.9 Å². The van der Waals surface area contributed by atoms with Crippen LogP contribution in [0.3, 0.4) is 0 Å². The Labute approximate surface area is 211 Å². The zero-order valence-corrected chi connectivity index (χ0v) is 21.1. The molecule has 0 atom stereocenters. The van der Waals surface area contributed by atoms with E-state index in [9.17, 15) is 9.59 Å². The van der Waals surface area contributed by atoms with Gasteiger partial charge in [-0.2, -0.15) is 5.10 Å². The highest BCUT2D eigenvalue weighted by Gasteiger charge is 2.19. The van der Waals surface area contributed by atoms with E-state index >= 15 is 0 Å². The molecular weight excluding hydrogens is 487 g/mol. The van der Waals surface area contributed by atoms with Gasteiger partial charge < -0.3 is 9.30 Å². The number of ether oxygens (including phenoxy) is 1. The Morgan fingerprint density at radius 3 is 2.43 bits per heavy atom. The lowest BCUT2D eigenvalue weighted by molar-refractivity contribution is 0.0513. The first kappa shape index (κ1) is 23.2. The molecule has 0 N–H and O–H groups in total. The first-order valence-electron chi connectivity index (χ1n) is 11.0. The Kier molecular flexibility index (Phi) is 5.69. The quantitative estimate of drug-likeness (QED) is 0.297. The zero-order chi connectivity index (χ0) is 25.0. The van der Waals surface area contributed by atoms with Crippen molar-refractivity contribution in [2.24, 2.45) is 21.1 Å². The molecule has 178 valence electrons. The fourth-order valence-corrected chi connectivity index (χ4v) is 5.07. The third kappa shape index (κ3) is 3.72. The normalized spacial score (nSPS) is 11.5. The minimum absolute atomic E-state index is 0.156. The number of hydrogen-bond donors (Lipinski definition) is 0. The molecule has 0 aliphatic heterocycles. The number of benzene rings is 2. The van der Waals surface area contributed by atoms with E-state index in [-0.39, 0.29) is 5.56 Å². The zero-order valence-electron chi connectivity index (χ0n) is 19.6. The molecule has 35 heavy (non-hydrogen) atoms. The lowest BCUT2D eigenvalue weighted by Crippen LogP contribution is -2.20. The molecular formula is C26H22Cl2N4O3. The average molecular weight is 509 g/mol. The molecule has 9 heteroatoms. The van der Waals surface area contributed by atoms with Crippen molar-refractivity contribution in [2.45, 2.75) is 6.92 Å². The van der Waals surface area contributed by atoms with E-state index in [1.165, 1.54) is 4.68 Å². The summed E-state index contributed by atoms with van der Waals surface area (Å²) < 4.78 is 10.3. The van der Waals surface area contributed by atoms with Crippen LogP contribution in [0.25, 0.3) is 44.3 Å². The highest BCUT2D eigenvalue weighted by Crippen LogP contribution is 2.35. The van der Waals surface area contributed by atoms with Crippen LogP contribution in [0.2, 0.25) is 10.0 Å². The summed E-state index contributed by atoms with van der Waals surface area (Å²) in [6, 6.07) is 14.7. The van der Waals surface area contributed by atoms with Crippen molar-refractivity contribution < 1.29 is 9.53 Å². The first-order valence-corrected chi connectivity index (χ1v) is 11.8. The van der Waals surface area contributed by atoms with Crippen LogP contribution >= 0.6 is 23.2 Å². The molecule has 0 aliphatic rings. The van der Waals surface area contributed by atoms with E-state index in [0.717, 1.165) is 27.5 Å². The van der Waals surface area contributed by atoms with E-state index < -0.39 is 5.97 Å². The monoisotopic (exact) mass is 508 g/mol. The molecule has 0 fully saturated rings. The van der Waals surface area contributed by atoms with Crippen LogP contribution in [-0.4, -0.2) is 31.5 Å². The van der Waals surface area contributed by atoms with Gasteiger partial charge in [0.2, 0.25) is 0 Å².